The van der Waals surface area contributed by atoms with Gasteiger partial charge in [-0.25, -0.2) is 0 Å². The monoisotopic (exact) mass is 217 g/mol. The molecule has 0 aromatic carbocycles. The van der Waals surface area contributed by atoms with Crippen molar-refractivity contribution >= 4 is 12.6 Å². The molecule has 1 saturated heterocycles. The van der Waals surface area contributed by atoms with Crippen LogP contribution < -0.4 is 0 Å². The Morgan fingerprint density at radius 1 is 1.36 bits per heavy atom. The molecule has 0 spiro atoms. The van der Waals surface area contributed by atoms with E-state index in [1.807, 2.05) is 0 Å². The molecule has 1 atom stereocenters. The van der Waals surface area contributed by atoms with Crippen LogP contribution in [0.25, 0.3) is 0 Å². The van der Waals surface area contributed by atoms with E-state index in [0.717, 1.165) is 44.6 Å². The highest BCUT2D eigenvalue weighted by Gasteiger charge is 2.22. The van der Waals surface area contributed by atoms with E-state index in [1.165, 1.54) is 0 Å². The summed E-state index contributed by atoms with van der Waals surface area (Å²) >= 11 is 4.37. The first kappa shape index (κ1) is 12.3. The van der Waals surface area contributed by atoms with E-state index in [2.05, 4.69) is 31.4 Å². The van der Waals surface area contributed by atoms with Gasteiger partial charge >= 0.3 is 0 Å². The summed E-state index contributed by atoms with van der Waals surface area (Å²) in [5.74, 6) is 0.923. The van der Waals surface area contributed by atoms with E-state index in [4.69, 9.17) is 0 Å². The molecule has 1 aliphatic heterocycles. The molecule has 0 radical (unpaired) electrons. The second-order valence-corrected chi connectivity index (χ2v) is 5.50. The van der Waals surface area contributed by atoms with Crippen LogP contribution in [0.5, 0.6) is 0 Å². The first-order chi connectivity index (χ1) is 6.53. The number of likely N-dealkylation sites (tertiary alicyclic amines) is 1. The molecule has 0 bridgehead atoms. The summed E-state index contributed by atoms with van der Waals surface area (Å²) < 4.78 is 0. The van der Waals surface area contributed by atoms with Gasteiger partial charge in [-0.3, -0.25) is 0 Å². The number of aliphatic hydroxyl groups excluding tert-OH is 1. The molecule has 0 saturated carbocycles. The van der Waals surface area contributed by atoms with Gasteiger partial charge in [0.25, 0.3) is 0 Å². The molecule has 0 aromatic rings. The summed E-state index contributed by atoms with van der Waals surface area (Å²) in [6, 6.07) is 0. The van der Waals surface area contributed by atoms with Gasteiger partial charge in [-0.2, -0.15) is 12.6 Å². The first-order valence-corrected chi connectivity index (χ1v) is 6.18. The smallest absolute Gasteiger partial charge is 0.0553 e. The van der Waals surface area contributed by atoms with E-state index in [0.29, 0.717) is 5.41 Å². The molecule has 14 heavy (non-hydrogen) atoms. The lowest BCUT2D eigenvalue weighted by atomic mass is 9.95. The fourth-order valence-electron chi connectivity index (χ4n) is 1.95. The number of aliphatic hydroxyl groups is 1. The van der Waals surface area contributed by atoms with Crippen LogP contribution in [0.4, 0.5) is 0 Å². The molecule has 1 heterocycles. The van der Waals surface area contributed by atoms with Crippen LogP contribution in [0.2, 0.25) is 0 Å². The van der Waals surface area contributed by atoms with Crippen LogP contribution in [0.3, 0.4) is 0 Å². The Labute approximate surface area is 93.1 Å². The van der Waals surface area contributed by atoms with Crippen LogP contribution >= 0.6 is 12.6 Å². The van der Waals surface area contributed by atoms with Crippen molar-refractivity contribution in [3.8, 4) is 0 Å². The second-order valence-electron chi connectivity index (χ2n) is 5.18. The van der Waals surface area contributed by atoms with Crippen LogP contribution in [0.1, 0.15) is 33.1 Å². The Morgan fingerprint density at radius 2 is 2.07 bits per heavy atom. The average Bonchev–Trinajstić information content (AvgIpc) is 2.31. The van der Waals surface area contributed by atoms with Gasteiger partial charge in [0.1, 0.15) is 0 Å². The Bertz CT molecular complexity index is 173. The quantitative estimate of drug-likeness (QED) is 0.704. The summed E-state index contributed by atoms with van der Waals surface area (Å²) in [5, 5.41) is 9.52. The number of rotatable bonds is 3. The lowest BCUT2D eigenvalue weighted by Gasteiger charge is -2.30. The van der Waals surface area contributed by atoms with Crippen LogP contribution in [0, 0.1) is 5.41 Å². The van der Waals surface area contributed by atoms with E-state index < -0.39 is 0 Å². The van der Waals surface area contributed by atoms with Crippen molar-refractivity contribution in [1.82, 2.24) is 4.90 Å². The van der Waals surface area contributed by atoms with E-state index >= 15 is 0 Å². The highest BCUT2D eigenvalue weighted by Crippen LogP contribution is 2.21. The van der Waals surface area contributed by atoms with E-state index in [-0.39, 0.29) is 6.10 Å². The third kappa shape index (κ3) is 4.20. The van der Waals surface area contributed by atoms with Crippen LogP contribution in [-0.4, -0.2) is 41.5 Å². The first-order valence-electron chi connectivity index (χ1n) is 5.55. The molecule has 1 rings (SSSR count). The summed E-state index contributed by atoms with van der Waals surface area (Å²) in [5.41, 5.74) is 0.290. The second kappa shape index (κ2) is 5.38. The van der Waals surface area contributed by atoms with Crippen molar-refractivity contribution in [1.29, 1.82) is 0 Å². The lowest BCUT2D eigenvalue weighted by molar-refractivity contribution is 0.148. The lowest BCUT2D eigenvalue weighted by Crippen LogP contribution is -2.36. The largest absolute Gasteiger partial charge is 0.393 e. The maximum absolute atomic E-state index is 9.52. The maximum Gasteiger partial charge on any atom is 0.0553 e. The van der Waals surface area contributed by atoms with Crippen molar-refractivity contribution < 1.29 is 5.11 Å². The fraction of sp³-hybridized carbons (Fsp3) is 1.00. The van der Waals surface area contributed by atoms with Crippen LogP contribution in [0.15, 0.2) is 0 Å². The third-order valence-corrected chi connectivity index (χ3v) is 3.73. The molecular formula is C11H23NOS. The normalized spacial score (nSPS) is 26.1. The molecule has 0 aromatic heterocycles. The molecule has 84 valence electrons. The Kier molecular flexibility index (Phi) is 4.74. The van der Waals surface area contributed by atoms with Gasteiger partial charge in [-0.1, -0.05) is 13.8 Å². The molecule has 0 aliphatic carbocycles. The molecule has 1 N–H and O–H groups in total. The molecule has 3 heteroatoms. The van der Waals surface area contributed by atoms with Crippen molar-refractivity contribution in [3.63, 3.8) is 0 Å². The van der Waals surface area contributed by atoms with Gasteiger partial charge in [0.15, 0.2) is 0 Å². The number of hydrogen-bond donors (Lipinski definition) is 2. The standard InChI is InChI=1S/C11H23NOS/c1-11(2,9-14)8-12-6-3-4-10(13)5-7-12/h10,13-14H,3-9H2,1-2H3. The van der Waals surface area contributed by atoms with E-state index in [1.54, 1.807) is 0 Å². The van der Waals surface area contributed by atoms with Gasteiger partial charge in [0, 0.05) is 13.1 Å². The topological polar surface area (TPSA) is 23.5 Å². The fourth-order valence-corrected chi connectivity index (χ4v) is 2.05. The van der Waals surface area contributed by atoms with Crippen molar-refractivity contribution in [3.05, 3.63) is 0 Å². The van der Waals surface area contributed by atoms with Gasteiger partial charge in [0.2, 0.25) is 0 Å². The zero-order valence-corrected chi connectivity index (χ0v) is 10.3. The van der Waals surface area contributed by atoms with Crippen molar-refractivity contribution in [2.75, 3.05) is 25.4 Å². The molecule has 1 aliphatic rings. The Balaban J connectivity index is 2.37. The zero-order valence-electron chi connectivity index (χ0n) is 9.37. The van der Waals surface area contributed by atoms with Gasteiger partial charge in [-0.05, 0) is 37.0 Å². The number of thiol groups is 1. The SMILES string of the molecule is CC(C)(CS)CN1CCCC(O)CC1. The van der Waals surface area contributed by atoms with E-state index in [9.17, 15) is 5.11 Å². The molecule has 0 amide bonds. The minimum Gasteiger partial charge on any atom is -0.393 e. The summed E-state index contributed by atoms with van der Waals surface area (Å²) in [6.45, 7) is 7.78. The van der Waals surface area contributed by atoms with Gasteiger partial charge in [-0.15, -0.1) is 0 Å². The Morgan fingerprint density at radius 3 is 2.71 bits per heavy atom. The van der Waals surface area contributed by atoms with Crippen LogP contribution in [-0.2, 0) is 0 Å². The molecule has 2 nitrogen and oxygen atoms in total. The molecule has 1 fully saturated rings. The van der Waals surface area contributed by atoms with Gasteiger partial charge in [0.05, 0.1) is 6.10 Å². The highest BCUT2D eigenvalue weighted by atomic mass is 32.1. The predicted octanol–water partition coefficient (Wildman–Crippen LogP) is 1.79. The third-order valence-electron chi connectivity index (χ3n) is 2.87. The minimum atomic E-state index is -0.0703. The summed E-state index contributed by atoms with van der Waals surface area (Å²) in [4.78, 5) is 2.46. The average molecular weight is 217 g/mol. The molecular weight excluding hydrogens is 194 g/mol. The minimum absolute atomic E-state index is 0.0703. The predicted molar refractivity (Wildman–Crippen MR) is 63.9 cm³/mol. The molecule has 1 unspecified atom stereocenters. The number of hydrogen-bond acceptors (Lipinski definition) is 3. The maximum atomic E-state index is 9.52. The number of nitrogens with zero attached hydrogens (tertiary/aromatic N) is 1. The highest BCUT2D eigenvalue weighted by molar-refractivity contribution is 7.80. The van der Waals surface area contributed by atoms with Crippen molar-refractivity contribution in [2.45, 2.75) is 39.2 Å². The van der Waals surface area contributed by atoms with Crippen molar-refractivity contribution in [2.24, 2.45) is 5.41 Å². The summed E-state index contributed by atoms with van der Waals surface area (Å²) in [7, 11) is 0. The Hall–Kier alpha value is 0.270. The summed E-state index contributed by atoms with van der Waals surface area (Å²) in [6.07, 6.45) is 2.96. The zero-order chi connectivity index (χ0) is 10.6. The van der Waals surface area contributed by atoms with Gasteiger partial charge < -0.3 is 10.0 Å².